The van der Waals surface area contributed by atoms with Gasteiger partial charge in [0.25, 0.3) is 0 Å². The van der Waals surface area contributed by atoms with E-state index in [1.54, 1.807) is 0 Å². The number of nitrogens with one attached hydrogen (secondary N) is 5. The van der Waals surface area contributed by atoms with Crippen molar-refractivity contribution in [1.29, 1.82) is 0 Å². The number of hydrogen-bond donors (Lipinski definition) is 5. The smallest absolute Gasteiger partial charge is 0.305 e. The molecule has 0 fully saturated rings. The second-order valence-corrected chi connectivity index (χ2v) is 19.7. The number of rotatable bonds is 49. The van der Waals surface area contributed by atoms with Crippen LogP contribution in [0.3, 0.4) is 0 Å². The number of unbranched alkanes of at least 4 members (excludes halogenated alkanes) is 18. The van der Waals surface area contributed by atoms with Crippen LogP contribution in [0.25, 0.3) is 0 Å². The molecule has 0 aromatic rings. The fraction of sp³-hybridized carbons (Fsp3) is 0.870. The lowest BCUT2D eigenvalue weighted by Gasteiger charge is -2.23. The minimum absolute atomic E-state index is 0.0167. The Kier molecular flexibility index (Phi) is 45.0. The number of ether oxygens (including phenoxy) is 2. The third-order valence-electron chi connectivity index (χ3n) is 12.2. The maximum atomic E-state index is 13.9. The quantitative estimate of drug-likeness (QED) is 0.0292. The van der Waals surface area contributed by atoms with E-state index in [2.05, 4.69) is 40.4 Å². The third-order valence-corrected chi connectivity index (χ3v) is 12.2. The van der Waals surface area contributed by atoms with Gasteiger partial charge in [0.05, 0.1) is 13.2 Å². The van der Waals surface area contributed by atoms with E-state index in [1.165, 1.54) is 77.0 Å². The molecule has 0 saturated heterocycles. The summed E-state index contributed by atoms with van der Waals surface area (Å²) < 4.78 is 10.8. The Balaban J connectivity index is 5.22. The molecular weight excluding hydrogens is 891 g/mol. The van der Waals surface area contributed by atoms with Crippen LogP contribution in [0.5, 0.6) is 0 Å². The maximum Gasteiger partial charge on any atom is 0.305 e. The molecule has 0 radical (unpaired) electrons. The summed E-state index contributed by atoms with van der Waals surface area (Å²) in [5.74, 6) is -2.08. The molecule has 0 heterocycles. The van der Waals surface area contributed by atoms with Crippen LogP contribution in [0, 0.1) is 0 Å². The Morgan fingerprint density at radius 3 is 1.24 bits per heavy atom. The first-order chi connectivity index (χ1) is 33.8. The first kappa shape index (κ1) is 66.2. The molecule has 0 saturated carbocycles. The molecule has 0 spiro atoms. The Morgan fingerprint density at radius 1 is 0.371 bits per heavy atom. The predicted molar refractivity (Wildman–Crippen MR) is 281 cm³/mol. The van der Waals surface area contributed by atoms with Crippen LogP contribution >= 0.6 is 0 Å². The Hall–Kier alpha value is -3.79. The molecule has 2 unspecified atom stereocenters. The molecule has 408 valence electrons. The van der Waals surface area contributed by atoms with Crippen molar-refractivity contribution in [2.45, 2.75) is 231 Å². The number of hydrogen-bond acceptors (Lipinski definition) is 11. The molecule has 5 amide bonds. The third kappa shape index (κ3) is 44.2. The Bertz CT molecular complexity index is 1370. The molecule has 0 aliphatic rings. The van der Waals surface area contributed by atoms with Crippen molar-refractivity contribution in [3.8, 4) is 0 Å². The summed E-state index contributed by atoms with van der Waals surface area (Å²) in [6.07, 6.45) is 26.8. The number of carbonyl (C=O) groups is 7. The van der Waals surface area contributed by atoms with Crippen molar-refractivity contribution in [1.82, 2.24) is 36.4 Å². The lowest BCUT2D eigenvalue weighted by molar-refractivity contribution is -0.144. The second kappa shape index (κ2) is 47.5. The van der Waals surface area contributed by atoms with Gasteiger partial charge in [-0.05, 0) is 112 Å². The van der Waals surface area contributed by atoms with E-state index < -0.39 is 23.9 Å². The van der Waals surface area contributed by atoms with Gasteiger partial charge < -0.3 is 45.9 Å². The highest BCUT2D eigenvalue weighted by atomic mass is 16.5. The van der Waals surface area contributed by atoms with Crippen molar-refractivity contribution < 1.29 is 43.0 Å². The lowest BCUT2D eigenvalue weighted by Crippen LogP contribution is -2.54. The molecule has 5 N–H and O–H groups in total. The van der Waals surface area contributed by atoms with Crippen LogP contribution in [-0.4, -0.2) is 137 Å². The normalized spacial score (nSPS) is 12.1. The van der Waals surface area contributed by atoms with Gasteiger partial charge in [-0.2, -0.15) is 0 Å². The van der Waals surface area contributed by atoms with E-state index >= 15 is 0 Å². The number of esters is 2. The van der Waals surface area contributed by atoms with Gasteiger partial charge in [0.1, 0.15) is 12.1 Å². The summed E-state index contributed by atoms with van der Waals surface area (Å²) >= 11 is 0. The van der Waals surface area contributed by atoms with Gasteiger partial charge in [-0.3, -0.25) is 33.6 Å². The summed E-state index contributed by atoms with van der Waals surface area (Å²) in [4.78, 5) is 94.3. The molecule has 16 nitrogen and oxygen atoms in total. The highest BCUT2D eigenvalue weighted by Gasteiger charge is 2.27. The number of nitrogens with zero attached hydrogens (tertiary/aromatic N) is 2. The summed E-state index contributed by atoms with van der Waals surface area (Å²) in [5, 5.41) is 14.3. The average Bonchev–Trinajstić information content (AvgIpc) is 3.31. The largest absolute Gasteiger partial charge is 0.466 e. The topological polar surface area (TPSA) is 205 Å². The molecule has 0 aromatic carbocycles. The van der Waals surface area contributed by atoms with Gasteiger partial charge in [-0.25, -0.2) is 0 Å². The van der Waals surface area contributed by atoms with Crippen molar-refractivity contribution in [3.05, 3.63) is 0 Å². The van der Waals surface area contributed by atoms with Gasteiger partial charge in [0.2, 0.25) is 29.5 Å². The molecule has 0 aromatic heterocycles. The molecule has 0 bridgehead atoms. The molecular formula is C54H103N7O9. The standard InChI is InChI=1S/C54H103N7O9/c1-7-9-11-13-15-17-19-21-23-35-51(65)69-44-27-25-39-55-49(63)38-37-47(53(67)57-40-26-28-45-70-52(66)36-24-22-20-18-16-14-12-10-8-2)59-54(68)46(58-50(64)34-31-43-61(5)6)32-29-41-56-48(62)33-30-42-60(3)4/h46-47H,7-45H2,1-6H3,(H,55,63)(H,56,62)(H,57,67)(H,58,64)(H,59,68). The van der Waals surface area contributed by atoms with Crippen molar-refractivity contribution >= 4 is 41.5 Å². The van der Waals surface area contributed by atoms with Gasteiger partial charge in [0.15, 0.2) is 0 Å². The number of amides is 5. The van der Waals surface area contributed by atoms with Crippen LogP contribution in [0.2, 0.25) is 0 Å². The monoisotopic (exact) mass is 994 g/mol. The zero-order chi connectivity index (χ0) is 51.9. The summed E-state index contributed by atoms with van der Waals surface area (Å²) in [5.41, 5.74) is 0. The fourth-order valence-electron chi connectivity index (χ4n) is 7.87. The highest BCUT2D eigenvalue weighted by molar-refractivity contribution is 5.92. The summed E-state index contributed by atoms with van der Waals surface area (Å²) in [6, 6.07) is -2.03. The zero-order valence-electron chi connectivity index (χ0n) is 45.3. The molecule has 16 heteroatoms. The van der Waals surface area contributed by atoms with Crippen molar-refractivity contribution in [2.75, 3.05) is 74.1 Å². The van der Waals surface area contributed by atoms with Crippen LogP contribution in [0.4, 0.5) is 0 Å². The van der Waals surface area contributed by atoms with Crippen LogP contribution < -0.4 is 26.6 Å². The van der Waals surface area contributed by atoms with Gasteiger partial charge in [0, 0.05) is 51.7 Å². The molecule has 0 aliphatic heterocycles. The SMILES string of the molecule is CCCCCCCCCCCC(=O)OCCCCNC(=O)CCC(NC(=O)C(CCCNC(=O)CCCN(C)C)NC(=O)CCCN(C)C)C(=O)NCCCCOC(=O)CCCCCCCCCCC. The van der Waals surface area contributed by atoms with E-state index in [4.69, 9.17) is 9.47 Å². The summed E-state index contributed by atoms with van der Waals surface area (Å²) in [6.45, 7) is 7.43. The first-order valence-electron chi connectivity index (χ1n) is 27.8. The molecule has 2 atom stereocenters. The summed E-state index contributed by atoms with van der Waals surface area (Å²) in [7, 11) is 7.74. The van der Waals surface area contributed by atoms with Gasteiger partial charge >= 0.3 is 11.9 Å². The molecule has 0 aliphatic carbocycles. The zero-order valence-corrected chi connectivity index (χ0v) is 45.3. The van der Waals surface area contributed by atoms with Gasteiger partial charge in [-0.15, -0.1) is 0 Å². The van der Waals surface area contributed by atoms with Crippen LogP contribution in [-0.2, 0) is 43.0 Å². The number of carbonyl (C=O) groups excluding carboxylic acids is 7. The predicted octanol–water partition coefficient (Wildman–Crippen LogP) is 8.04. The van der Waals surface area contributed by atoms with E-state index in [1.807, 2.05) is 38.0 Å². The van der Waals surface area contributed by atoms with Crippen molar-refractivity contribution in [3.63, 3.8) is 0 Å². The Labute approximate surface area is 425 Å². The fourth-order valence-corrected chi connectivity index (χ4v) is 7.87. The van der Waals surface area contributed by atoms with E-state index in [-0.39, 0.29) is 68.5 Å². The van der Waals surface area contributed by atoms with Gasteiger partial charge in [-0.1, -0.05) is 117 Å². The Morgan fingerprint density at radius 2 is 0.771 bits per heavy atom. The van der Waals surface area contributed by atoms with Crippen LogP contribution in [0.15, 0.2) is 0 Å². The highest BCUT2D eigenvalue weighted by Crippen LogP contribution is 2.13. The first-order valence-corrected chi connectivity index (χ1v) is 27.8. The maximum absolute atomic E-state index is 13.9. The van der Waals surface area contributed by atoms with E-state index in [9.17, 15) is 33.6 Å². The minimum Gasteiger partial charge on any atom is -0.466 e. The van der Waals surface area contributed by atoms with Crippen LogP contribution in [0.1, 0.15) is 219 Å². The van der Waals surface area contributed by atoms with Crippen molar-refractivity contribution in [2.24, 2.45) is 0 Å². The van der Waals surface area contributed by atoms with E-state index in [0.717, 1.165) is 51.5 Å². The lowest BCUT2D eigenvalue weighted by atomic mass is 10.1. The molecule has 70 heavy (non-hydrogen) atoms. The average molecular weight is 994 g/mol. The second-order valence-electron chi connectivity index (χ2n) is 19.7. The molecule has 0 rings (SSSR count). The van der Waals surface area contributed by atoms with E-state index in [0.29, 0.717) is 84.0 Å². The minimum atomic E-state index is -1.07.